The second-order valence-corrected chi connectivity index (χ2v) is 8.90. The SMILES string of the molecule is COc1cccc(-c2cnc(OS(=O)(=O)c3ccc(C)cc3)c(C(=O)c3ccccc3)c2)c1. The molecule has 0 aliphatic rings. The standard InChI is InChI=1S/C26H21NO5S/c1-18-11-13-23(14-12-18)33(29,30)32-26-24(25(28)19-7-4-3-5-8-19)16-21(17-27-26)20-9-6-10-22(15-20)31-2/h3-17H,1-2H3. The average Bonchev–Trinajstić information content (AvgIpc) is 2.84. The Morgan fingerprint density at radius 2 is 1.58 bits per heavy atom. The Morgan fingerprint density at radius 3 is 2.27 bits per heavy atom. The molecular weight excluding hydrogens is 438 g/mol. The van der Waals surface area contributed by atoms with Crippen LogP contribution < -0.4 is 8.92 Å². The van der Waals surface area contributed by atoms with Crippen LogP contribution in [0, 0.1) is 6.92 Å². The van der Waals surface area contributed by atoms with Crippen molar-refractivity contribution in [3.8, 4) is 22.8 Å². The van der Waals surface area contributed by atoms with Gasteiger partial charge in [-0.25, -0.2) is 4.98 Å². The Kier molecular flexibility index (Phi) is 6.24. The van der Waals surface area contributed by atoms with E-state index in [1.807, 2.05) is 19.1 Å². The first-order valence-corrected chi connectivity index (χ1v) is 11.5. The number of nitrogens with zero attached hydrogens (tertiary/aromatic N) is 1. The molecular formula is C26H21NO5S. The molecule has 3 aromatic carbocycles. The maximum atomic E-state index is 13.3. The topological polar surface area (TPSA) is 82.6 Å². The van der Waals surface area contributed by atoms with Gasteiger partial charge in [0.2, 0.25) is 5.88 Å². The van der Waals surface area contributed by atoms with Crippen molar-refractivity contribution in [3.63, 3.8) is 0 Å². The van der Waals surface area contributed by atoms with Gasteiger partial charge in [0.05, 0.1) is 12.7 Å². The molecule has 7 heteroatoms. The number of aromatic nitrogens is 1. The summed E-state index contributed by atoms with van der Waals surface area (Å²) < 4.78 is 36.4. The molecule has 0 radical (unpaired) electrons. The first-order chi connectivity index (χ1) is 15.9. The molecule has 0 saturated carbocycles. The molecule has 0 atom stereocenters. The van der Waals surface area contributed by atoms with Gasteiger partial charge >= 0.3 is 10.1 Å². The minimum atomic E-state index is -4.19. The number of carbonyl (C=O) groups excluding carboxylic acids is 1. The zero-order valence-corrected chi connectivity index (χ0v) is 18.9. The number of pyridine rings is 1. The van der Waals surface area contributed by atoms with Gasteiger partial charge in [0.1, 0.15) is 10.6 Å². The van der Waals surface area contributed by atoms with Gasteiger partial charge in [-0.2, -0.15) is 8.42 Å². The van der Waals surface area contributed by atoms with Crippen LogP contribution in [0.25, 0.3) is 11.1 Å². The highest BCUT2D eigenvalue weighted by Gasteiger charge is 2.24. The van der Waals surface area contributed by atoms with E-state index in [2.05, 4.69) is 4.98 Å². The third kappa shape index (κ3) is 4.94. The second-order valence-electron chi connectivity index (χ2n) is 7.35. The zero-order valence-electron chi connectivity index (χ0n) is 18.1. The highest BCUT2D eigenvalue weighted by Crippen LogP contribution is 2.30. The third-order valence-electron chi connectivity index (χ3n) is 5.03. The summed E-state index contributed by atoms with van der Waals surface area (Å²) in [6.45, 7) is 1.85. The number of methoxy groups -OCH3 is 1. The molecule has 0 unspecified atom stereocenters. The van der Waals surface area contributed by atoms with Crippen molar-refractivity contribution in [2.24, 2.45) is 0 Å². The molecule has 0 saturated heterocycles. The number of ketones is 1. The van der Waals surface area contributed by atoms with Crippen molar-refractivity contribution in [3.05, 3.63) is 108 Å². The van der Waals surface area contributed by atoms with Gasteiger partial charge < -0.3 is 8.92 Å². The first-order valence-electron chi connectivity index (χ1n) is 10.1. The van der Waals surface area contributed by atoms with E-state index in [0.717, 1.165) is 11.1 Å². The minimum Gasteiger partial charge on any atom is -0.497 e. The summed E-state index contributed by atoms with van der Waals surface area (Å²) in [5.74, 6) is -0.0382. The lowest BCUT2D eigenvalue weighted by molar-refractivity contribution is 0.103. The van der Waals surface area contributed by atoms with Gasteiger partial charge in [-0.3, -0.25) is 4.79 Å². The highest BCUT2D eigenvalue weighted by atomic mass is 32.2. The lowest BCUT2D eigenvalue weighted by atomic mass is 10.0. The van der Waals surface area contributed by atoms with E-state index < -0.39 is 15.9 Å². The molecule has 0 N–H and O–H groups in total. The Hall–Kier alpha value is -3.97. The average molecular weight is 460 g/mol. The first kappa shape index (κ1) is 22.2. The Morgan fingerprint density at radius 1 is 0.848 bits per heavy atom. The normalized spacial score (nSPS) is 11.1. The number of benzene rings is 3. The van der Waals surface area contributed by atoms with Crippen LogP contribution in [0.2, 0.25) is 0 Å². The van der Waals surface area contributed by atoms with Gasteiger partial charge in [-0.05, 0) is 42.8 Å². The molecule has 33 heavy (non-hydrogen) atoms. The number of aryl methyl sites for hydroxylation is 1. The van der Waals surface area contributed by atoms with Gasteiger partial charge in [-0.15, -0.1) is 0 Å². The maximum absolute atomic E-state index is 13.3. The van der Waals surface area contributed by atoms with Gasteiger partial charge in [0.15, 0.2) is 5.78 Å². The molecule has 0 spiro atoms. The van der Waals surface area contributed by atoms with E-state index in [0.29, 0.717) is 16.9 Å². The van der Waals surface area contributed by atoms with Crippen LogP contribution in [0.15, 0.2) is 96.0 Å². The van der Waals surface area contributed by atoms with Crippen LogP contribution in [0.4, 0.5) is 0 Å². The smallest absolute Gasteiger partial charge is 0.340 e. The molecule has 4 aromatic rings. The summed E-state index contributed by atoms with van der Waals surface area (Å²) in [7, 11) is -2.63. The van der Waals surface area contributed by atoms with Crippen molar-refractivity contribution in [1.29, 1.82) is 0 Å². The van der Waals surface area contributed by atoms with Crippen LogP contribution >= 0.6 is 0 Å². The van der Waals surface area contributed by atoms with E-state index in [-0.39, 0.29) is 16.3 Å². The summed E-state index contributed by atoms with van der Waals surface area (Å²) in [5, 5.41) is 0. The van der Waals surface area contributed by atoms with Crippen LogP contribution in [0.5, 0.6) is 11.6 Å². The molecule has 166 valence electrons. The molecule has 4 rings (SSSR count). The fourth-order valence-electron chi connectivity index (χ4n) is 3.24. The van der Waals surface area contributed by atoms with Crippen molar-refractivity contribution < 1.29 is 22.1 Å². The number of hydrogen-bond donors (Lipinski definition) is 0. The van der Waals surface area contributed by atoms with Crippen molar-refractivity contribution >= 4 is 15.9 Å². The number of hydrogen-bond acceptors (Lipinski definition) is 6. The van der Waals surface area contributed by atoms with E-state index in [4.69, 9.17) is 8.92 Å². The number of carbonyl (C=O) groups is 1. The van der Waals surface area contributed by atoms with Crippen molar-refractivity contribution in [1.82, 2.24) is 4.98 Å². The van der Waals surface area contributed by atoms with Gasteiger partial charge in [0.25, 0.3) is 0 Å². The van der Waals surface area contributed by atoms with Crippen molar-refractivity contribution in [2.45, 2.75) is 11.8 Å². The maximum Gasteiger partial charge on any atom is 0.340 e. The van der Waals surface area contributed by atoms with Crippen LogP contribution in [0.3, 0.4) is 0 Å². The summed E-state index contributed by atoms with van der Waals surface area (Å²) in [6, 6.07) is 23.7. The Labute approximate surface area is 192 Å². The lowest BCUT2D eigenvalue weighted by Gasteiger charge is -2.12. The fraction of sp³-hybridized carbons (Fsp3) is 0.0769. The van der Waals surface area contributed by atoms with Crippen LogP contribution in [0.1, 0.15) is 21.5 Å². The molecule has 0 aliphatic heterocycles. The largest absolute Gasteiger partial charge is 0.497 e. The quantitative estimate of drug-likeness (QED) is 0.284. The van der Waals surface area contributed by atoms with Crippen LogP contribution in [-0.2, 0) is 10.1 Å². The van der Waals surface area contributed by atoms with E-state index >= 15 is 0 Å². The molecule has 6 nitrogen and oxygen atoms in total. The van der Waals surface area contributed by atoms with Gasteiger partial charge in [0, 0.05) is 17.3 Å². The van der Waals surface area contributed by atoms with Crippen molar-refractivity contribution in [2.75, 3.05) is 7.11 Å². The molecule has 0 bridgehead atoms. The minimum absolute atomic E-state index is 0.0233. The third-order valence-corrected chi connectivity index (χ3v) is 6.26. The zero-order chi connectivity index (χ0) is 23.4. The Bertz CT molecular complexity index is 1400. The van der Waals surface area contributed by atoms with E-state index in [1.165, 1.54) is 18.3 Å². The number of rotatable bonds is 7. The summed E-state index contributed by atoms with van der Waals surface area (Å²) in [6.07, 6.45) is 1.47. The summed E-state index contributed by atoms with van der Waals surface area (Å²) >= 11 is 0. The molecule has 0 aliphatic carbocycles. The van der Waals surface area contributed by atoms with E-state index in [9.17, 15) is 13.2 Å². The predicted molar refractivity (Wildman–Crippen MR) is 125 cm³/mol. The summed E-state index contributed by atoms with van der Waals surface area (Å²) in [5.41, 5.74) is 2.72. The molecule has 1 heterocycles. The molecule has 1 aromatic heterocycles. The van der Waals surface area contributed by atoms with Gasteiger partial charge in [-0.1, -0.05) is 60.2 Å². The molecule has 0 amide bonds. The Balaban J connectivity index is 1.80. The second kappa shape index (κ2) is 9.26. The lowest BCUT2D eigenvalue weighted by Crippen LogP contribution is -2.14. The number of ether oxygens (including phenoxy) is 1. The summed E-state index contributed by atoms with van der Waals surface area (Å²) in [4.78, 5) is 17.5. The fourth-order valence-corrected chi connectivity index (χ4v) is 4.15. The van der Waals surface area contributed by atoms with E-state index in [1.54, 1.807) is 67.8 Å². The van der Waals surface area contributed by atoms with Crippen LogP contribution in [-0.4, -0.2) is 26.3 Å². The highest BCUT2D eigenvalue weighted by molar-refractivity contribution is 7.87. The predicted octanol–water partition coefficient (Wildman–Crippen LogP) is 5.06. The molecule has 0 fully saturated rings. The monoisotopic (exact) mass is 459 g/mol.